The van der Waals surface area contributed by atoms with Gasteiger partial charge in [-0.05, 0) is 12.5 Å². The van der Waals surface area contributed by atoms with Crippen molar-refractivity contribution in [3.63, 3.8) is 0 Å². The summed E-state index contributed by atoms with van der Waals surface area (Å²) in [6, 6.07) is 0. The van der Waals surface area contributed by atoms with E-state index in [0.29, 0.717) is 6.42 Å². The molecule has 7 heteroatoms. The zero-order chi connectivity index (χ0) is 14.2. The molecule has 1 heterocycles. The van der Waals surface area contributed by atoms with Crippen molar-refractivity contribution in [2.45, 2.75) is 12.0 Å². The van der Waals surface area contributed by atoms with Crippen LogP contribution in [-0.2, 0) is 12.6 Å². The Hall–Kier alpha value is -1.37. The van der Waals surface area contributed by atoms with Gasteiger partial charge in [-0.25, -0.2) is 4.79 Å². The highest BCUT2D eigenvalue weighted by atomic mass is 35.5. The lowest BCUT2D eigenvalue weighted by atomic mass is 10.2. The molecule has 2 rings (SSSR count). The predicted octanol–water partition coefficient (Wildman–Crippen LogP) is -0.544. The number of aliphatic hydroxyl groups is 2. The van der Waals surface area contributed by atoms with E-state index in [-0.39, 0.29) is 24.7 Å². The molecule has 0 saturated heterocycles. The molecule has 0 spiro atoms. The summed E-state index contributed by atoms with van der Waals surface area (Å²) in [6.07, 6.45) is 3.28. The molecule has 1 aliphatic carbocycles. The largest absolute Gasteiger partial charge is 0.396 e. The van der Waals surface area contributed by atoms with Crippen molar-refractivity contribution in [1.82, 2.24) is 9.13 Å². The summed E-state index contributed by atoms with van der Waals surface area (Å²) in [5.41, 5.74) is -0.331. The normalized spacial score (nSPS) is 26.0. The summed E-state index contributed by atoms with van der Waals surface area (Å²) in [7, 11) is 1.37. The highest BCUT2D eigenvalue weighted by Gasteiger charge is 2.55. The fourth-order valence-corrected chi connectivity index (χ4v) is 2.50. The Bertz CT molecular complexity index is 634. The van der Waals surface area contributed by atoms with Gasteiger partial charge < -0.3 is 10.2 Å². The Morgan fingerprint density at radius 2 is 2.21 bits per heavy atom. The zero-order valence-corrected chi connectivity index (χ0v) is 11.2. The fraction of sp³-hybridized carbons (Fsp3) is 0.500. The quantitative estimate of drug-likeness (QED) is 0.778. The van der Waals surface area contributed by atoms with Crippen molar-refractivity contribution >= 4 is 17.7 Å². The van der Waals surface area contributed by atoms with Gasteiger partial charge in [0.25, 0.3) is 5.56 Å². The van der Waals surface area contributed by atoms with E-state index in [9.17, 15) is 19.8 Å². The average molecular weight is 287 g/mol. The Morgan fingerprint density at radius 3 is 2.68 bits per heavy atom. The summed E-state index contributed by atoms with van der Waals surface area (Å²) in [4.78, 5) is 24.0. The maximum atomic E-state index is 12.1. The number of halogens is 1. The Morgan fingerprint density at radius 1 is 1.53 bits per heavy atom. The maximum absolute atomic E-state index is 12.1. The molecule has 1 aliphatic rings. The Balaban J connectivity index is 2.65. The van der Waals surface area contributed by atoms with Gasteiger partial charge in [0, 0.05) is 31.3 Å². The van der Waals surface area contributed by atoms with Crippen LogP contribution in [0.4, 0.5) is 0 Å². The molecule has 0 aromatic carbocycles. The van der Waals surface area contributed by atoms with Crippen molar-refractivity contribution < 1.29 is 10.2 Å². The van der Waals surface area contributed by atoms with Crippen molar-refractivity contribution in [3.05, 3.63) is 38.1 Å². The van der Waals surface area contributed by atoms with Crippen LogP contribution in [0.25, 0.3) is 6.08 Å². The number of hydrogen-bond acceptors (Lipinski definition) is 4. The second-order valence-corrected chi connectivity index (χ2v) is 4.99. The number of aliphatic hydroxyl groups excluding tert-OH is 2. The van der Waals surface area contributed by atoms with Crippen LogP contribution in [-0.4, -0.2) is 32.6 Å². The highest BCUT2D eigenvalue weighted by molar-refractivity contribution is 6.27. The van der Waals surface area contributed by atoms with E-state index in [0.717, 1.165) is 4.57 Å². The number of rotatable bonds is 4. The van der Waals surface area contributed by atoms with Gasteiger partial charge in [0.1, 0.15) is 0 Å². The minimum atomic E-state index is -0.813. The first-order valence-corrected chi connectivity index (χ1v) is 6.27. The summed E-state index contributed by atoms with van der Waals surface area (Å²) < 4.78 is 2.29. The van der Waals surface area contributed by atoms with E-state index in [1.165, 1.54) is 29.4 Å². The van der Waals surface area contributed by atoms with Crippen LogP contribution in [0.5, 0.6) is 0 Å². The lowest BCUT2D eigenvalue weighted by Crippen LogP contribution is -2.44. The van der Waals surface area contributed by atoms with Crippen LogP contribution < -0.4 is 11.2 Å². The van der Waals surface area contributed by atoms with E-state index in [4.69, 9.17) is 11.6 Å². The van der Waals surface area contributed by atoms with Gasteiger partial charge in [-0.3, -0.25) is 13.9 Å². The van der Waals surface area contributed by atoms with E-state index in [1.807, 2.05) is 0 Å². The average Bonchev–Trinajstić information content (AvgIpc) is 3.14. The van der Waals surface area contributed by atoms with Gasteiger partial charge in [0.15, 0.2) is 0 Å². The maximum Gasteiger partial charge on any atom is 0.331 e. The predicted molar refractivity (Wildman–Crippen MR) is 71.1 cm³/mol. The molecule has 1 fully saturated rings. The number of hydrogen-bond donors (Lipinski definition) is 2. The van der Waals surface area contributed by atoms with E-state index < -0.39 is 16.8 Å². The molecular weight excluding hydrogens is 272 g/mol. The molecule has 0 bridgehead atoms. The topological polar surface area (TPSA) is 84.5 Å². The van der Waals surface area contributed by atoms with Crippen LogP contribution in [0, 0.1) is 5.92 Å². The van der Waals surface area contributed by atoms with Gasteiger partial charge in [0.05, 0.1) is 17.7 Å². The lowest BCUT2D eigenvalue weighted by molar-refractivity contribution is 0.170. The summed E-state index contributed by atoms with van der Waals surface area (Å²) in [5.74, 6) is -0.180. The van der Waals surface area contributed by atoms with Crippen molar-refractivity contribution in [2.75, 3.05) is 13.2 Å². The zero-order valence-electron chi connectivity index (χ0n) is 10.4. The lowest BCUT2D eigenvalue weighted by Gasteiger charge is -2.19. The first-order valence-electron chi connectivity index (χ1n) is 5.83. The highest BCUT2D eigenvalue weighted by Crippen LogP contribution is 2.48. The fourth-order valence-electron chi connectivity index (χ4n) is 2.36. The van der Waals surface area contributed by atoms with Crippen LogP contribution in [0.1, 0.15) is 12.0 Å². The van der Waals surface area contributed by atoms with Crippen LogP contribution in [0.3, 0.4) is 0 Å². The first kappa shape index (κ1) is 14.0. The van der Waals surface area contributed by atoms with Gasteiger partial charge >= 0.3 is 5.69 Å². The minimum absolute atomic E-state index is 0.115. The molecule has 6 nitrogen and oxygen atoms in total. The molecule has 0 amide bonds. The Labute approximate surface area is 114 Å². The molecule has 19 heavy (non-hydrogen) atoms. The molecule has 0 unspecified atom stereocenters. The molecule has 2 N–H and O–H groups in total. The van der Waals surface area contributed by atoms with Crippen molar-refractivity contribution in [2.24, 2.45) is 13.0 Å². The summed E-state index contributed by atoms with van der Waals surface area (Å²) in [6.45, 7) is -0.378. The number of aromatic nitrogens is 2. The third-order valence-corrected chi connectivity index (χ3v) is 3.85. The van der Waals surface area contributed by atoms with Crippen molar-refractivity contribution in [3.8, 4) is 0 Å². The molecule has 0 aliphatic heterocycles. The van der Waals surface area contributed by atoms with Gasteiger partial charge in [-0.2, -0.15) is 0 Å². The van der Waals surface area contributed by atoms with E-state index in [1.54, 1.807) is 0 Å². The smallest absolute Gasteiger partial charge is 0.331 e. The standard InChI is InChI=1S/C12H15ClN2O4/c1-14-10(18)8(2-3-13)5-15(11(14)19)12(7-17)4-9(12)6-16/h2-3,5,9,16-17H,4,6-7H2,1H3/b3-2+/t9-,12+/m0/s1. The Kier molecular flexibility index (Phi) is 3.66. The number of nitrogens with zero attached hydrogens (tertiary/aromatic N) is 2. The molecular formula is C12H15ClN2O4. The van der Waals surface area contributed by atoms with E-state index in [2.05, 4.69) is 0 Å². The van der Waals surface area contributed by atoms with Gasteiger partial charge in [-0.1, -0.05) is 11.6 Å². The molecule has 1 aromatic heterocycles. The minimum Gasteiger partial charge on any atom is -0.396 e. The van der Waals surface area contributed by atoms with Crippen molar-refractivity contribution in [1.29, 1.82) is 0 Å². The summed E-state index contributed by atoms with van der Waals surface area (Å²) >= 11 is 5.47. The second kappa shape index (κ2) is 4.96. The van der Waals surface area contributed by atoms with Crippen LogP contribution in [0.2, 0.25) is 0 Å². The van der Waals surface area contributed by atoms with E-state index >= 15 is 0 Å². The molecule has 0 radical (unpaired) electrons. The molecule has 104 valence electrons. The van der Waals surface area contributed by atoms with Gasteiger partial charge in [0.2, 0.25) is 0 Å². The van der Waals surface area contributed by atoms with Crippen LogP contribution >= 0.6 is 11.6 Å². The molecule has 1 aromatic rings. The first-order chi connectivity index (χ1) is 9.01. The summed E-state index contributed by atoms with van der Waals surface area (Å²) in [5, 5.41) is 18.7. The molecule has 2 atom stereocenters. The van der Waals surface area contributed by atoms with Crippen LogP contribution in [0.15, 0.2) is 21.3 Å². The third kappa shape index (κ3) is 2.05. The third-order valence-electron chi connectivity index (χ3n) is 3.73. The monoisotopic (exact) mass is 286 g/mol. The molecule has 1 saturated carbocycles. The second-order valence-electron chi connectivity index (χ2n) is 4.74. The SMILES string of the molecule is Cn1c(=O)c(/C=C/Cl)cn([C@@]2(CO)C[C@H]2CO)c1=O. The van der Waals surface area contributed by atoms with Gasteiger partial charge in [-0.15, -0.1) is 0 Å².